The minimum atomic E-state index is -0.478. The molecule has 1 aromatic heterocycles. The summed E-state index contributed by atoms with van der Waals surface area (Å²) in [6.45, 7) is 4.11. The Bertz CT molecular complexity index is 652. The van der Waals surface area contributed by atoms with Gasteiger partial charge >= 0.3 is 5.97 Å². The van der Waals surface area contributed by atoms with Crippen LogP contribution in [0.5, 0.6) is 0 Å². The molecule has 2 aromatic rings. The van der Waals surface area contributed by atoms with E-state index in [1.165, 1.54) is 7.11 Å². The first kappa shape index (κ1) is 16.1. The van der Waals surface area contributed by atoms with Crippen molar-refractivity contribution in [3.05, 3.63) is 29.0 Å². The van der Waals surface area contributed by atoms with Crippen LogP contribution in [0.3, 0.4) is 0 Å². The maximum atomic E-state index is 12.2. The van der Waals surface area contributed by atoms with E-state index in [0.29, 0.717) is 23.2 Å². The molecule has 2 rings (SSSR count). The zero-order valence-electron chi connectivity index (χ0n) is 12.3. The second kappa shape index (κ2) is 6.67. The van der Waals surface area contributed by atoms with Crippen molar-refractivity contribution in [3.8, 4) is 0 Å². The van der Waals surface area contributed by atoms with E-state index in [1.54, 1.807) is 6.07 Å². The van der Waals surface area contributed by atoms with Crippen molar-refractivity contribution in [2.75, 3.05) is 7.11 Å². The molecule has 1 atom stereocenters. The van der Waals surface area contributed by atoms with Gasteiger partial charge in [-0.1, -0.05) is 31.5 Å². The number of fused-ring (bicyclic) bond motifs is 1. The van der Waals surface area contributed by atoms with Crippen LogP contribution < -0.4 is 0 Å². The number of aromatic nitrogens is 2. The predicted octanol–water partition coefficient (Wildman–Crippen LogP) is 4.19. The Balaban J connectivity index is 2.67. The summed E-state index contributed by atoms with van der Waals surface area (Å²) in [5, 5.41) is 0.550. The van der Waals surface area contributed by atoms with Gasteiger partial charge < -0.3 is 9.30 Å². The SMILES string of the molecule is COC(=O)C(CC(C)C)n1c(CCl)nc2cccc(Cl)c21. The summed E-state index contributed by atoms with van der Waals surface area (Å²) in [6.07, 6.45) is 0.632. The van der Waals surface area contributed by atoms with Crippen molar-refractivity contribution in [2.45, 2.75) is 32.2 Å². The largest absolute Gasteiger partial charge is 0.467 e. The van der Waals surface area contributed by atoms with Crippen molar-refractivity contribution >= 4 is 40.2 Å². The third-order valence-electron chi connectivity index (χ3n) is 3.33. The quantitative estimate of drug-likeness (QED) is 0.610. The number of nitrogens with zero attached hydrogens (tertiary/aromatic N) is 2. The number of para-hydroxylation sites is 1. The number of imidazole rings is 1. The van der Waals surface area contributed by atoms with Crippen LogP contribution in [0, 0.1) is 5.92 Å². The fourth-order valence-corrected chi connectivity index (χ4v) is 2.92. The number of hydrogen-bond donors (Lipinski definition) is 0. The second-order valence-electron chi connectivity index (χ2n) is 5.31. The lowest BCUT2D eigenvalue weighted by molar-refractivity contribution is -0.145. The second-order valence-corrected chi connectivity index (χ2v) is 5.98. The van der Waals surface area contributed by atoms with Gasteiger partial charge in [0, 0.05) is 0 Å². The van der Waals surface area contributed by atoms with Crippen molar-refractivity contribution < 1.29 is 9.53 Å². The highest BCUT2D eigenvalue weighted by atomic mass is 35.5. The zero-order valence-corrected chi connectivity index (χ0v) is 13.8. The van der Waals surface area contributed by atoms with Crippen LogP contribution in [0.1, 0.15) is 32.1 Å². The Morgan fingerprint density at radius 2 is 2.14 bits per heavy atom. The number of hydrogen-bond acceptors (Lipinski definition) is 3. The van der Waals surface area contributed by atoms with Gasteiger partial charge in [-0.15, -0.1) is 11.6 Å². The van der Waals surface area contributed by atoms with Gasteiger partial charge in [0.1, 0.15) is 11.9 Å². The topological polar surface area (TPSA) is 44.1 Å². The van der Waals surface area contributed by atoms with E-state index in [0.717, 1.165) is 11.0 Å². The van der Waals surface area contributed by atoms with Gasteiger partial charge in [-0.3, -0.25) is 0 Å². The molecule has 0 radical (unpaired) electrons. The summed E-state index contributed by atoms with van der Waals surface area (Å²) < 4.78 is 6.77. The standard InChI is InChI=1S/C15H18Cl2N2O2/c1-9(2)7-12(15(20)21-3)19-13(8-16)18-11-6-4-5-10(17)14(11)19/h4-6,9,12H,7-8H2,1-3H3. The van der Waals surface area contributed by atoms with Crippen molar-refractivity contribution in [3.63, 3.8) is 0 Å². The smallest absolute Gasteiger partial charge is 0.328 e. The van der Waals surface area contributed by atoms with E-state index in [-0.39, 0.29) is 11.8 Å². The van der Waals surface area contributed by atoms with E-state index >= 15 is 0 Å². The highest BCUT2D eigenvalue weighted by Gasteiger charge is 2.27. The summed E-state index contributed by atoms with van der Waals surface area (Å²) in [6, 6.07) is 4.99. The van der Waals surface area contributed by atoms with Crippen LogP contribution in [-0.2, 0) is 15.4 Å². The summed E-state index contributed by atoms with van der Waals surface area (Å²) >= 11 is 12.3. The number of benzene rings is 1. The predicted molar refractivity (Wildman–Crippen MR) is 84.8 cm³/mol. The molecule has 0 amide bonds. The highest BCUT2D eigenvalue weighted by Crippen LogP contribution is 2.31. The Morgan fingerprint density at radius 3 is 2.71 bits per heavy atom. The minimum Gasteiger partial charge on any atom is -0.467 e. The molecule has 0 bridgehead atoms. The normalized spacial score (nSPS) is 12.9. The van der Waals surface area contributed by atoms with E-state index in [9.17, 15) is 4.79 Å². The first-order chi connectivity index (χ1) is 9.99. The Kier molecular flexibility index (Phi) is 5.12. The number of carbonyl (C=O) groups is 1. The van der Waals surface area contributed by atoms with Gasteiger partial charge in [-0.2, -0.15) is 0 Å². The molecular formula is C15H18Cl2N2O2. The van der Waals surface area contributed by atoms with Crippen LogP contribution >= 0.6 is 23.2 Å². The van der Waals surface area contributed by atoms with E-state index in [2.05, 4.69) is 18.8 Å². The molecule has 6 heteroatoms. The van der Waals surface area contributed by atoms with Crippen LogP contribution in [-0.4, -0.2) is 22.6 Å². The van der Waals surface area contributed by atoms with Crippen molar-refractivity contribution in [1.29, 1.82) is 0 Å². The Labute approximate surface area is 134 Å². The maximum Gasteiger partial charge on any atom is 0.328 e. The van der Waals surface area contributed by atoms with Crippen molar-refractivity contribution in [2.24, 2.45) is 5.92 Å². The van der Waals surface area contributed by atoms with Gasteiger partial charge in [0.2, 0.25) is 0 Å². The molecule has 0 saturated heterocycles. The number of alkyl halides is 1. The molecule has 0 spiro atoms. The molecular weight excluding hydrogens is 311 g/mol. The monoisotopic (exact) mass is 328 g/mol. The van der Waals surface area contributed by atoms with Gasteiger partial charge in [-0.25, -0.2) is 9.78 Å². The average Bonchev–Trinajstić information content (AvgIpc) is 2.83. The van der Waals surface area contributed by atoms with Gasteiger partial charge in [0.25, 0.3) is 0 Å². The molecule has 0 N–H and O–H groups in total. The number of halogens is 2. The molecule has 0 fully saturated rings. The molecule has 0 aliphatic heterocycles. The zero-order chi connectivity index (χ0) is 15.6. The van der Waals surface area contributed by atoms with E-state index in [1.807, 2.05) is 16.7 Å². The third-order valence-corrected chi connectivity index (χ3v) is 3.88. The molecule has 0 aliphatic carbocycles. The first-order valence-electron chi connectivity index (χ1n) is 6.78. The van der Waals surface area contributed by atoms with E-state index < -0.39 is 6.04 Å². The third kappa shape index (κ3) is 3.16. The van der Waals surface area contributed by atoms with Crippen molar-refractivity contribution in [1.82, 2.24) is 9.55 Å². The summed E-state index contributed by atoms with van der Waals surface area (Å²) in [4.78, 5) is 16.7. The first-order valence-corrected chi connectivity index (χ1v) is 7.70. The summed E-state index contributed by atoms with van der Waals surface area (Å²) in [5.41, 5.74) is 1.46. The molecule has 1 heterocycles. The summed E-state index contributed by atoms with van der Waals surface area (Å²) in [7, 11) is 1.39. The van der Waals surface area contributed by atoms with Gasteiger partial charge in [-0.05, 0) is 24.5 Å². The maximum absolute atomic E-state index is 12.2. The molecule has 0 aliphatic rings. The molecule has 1 unspecified atom stereocenters. The van der Waals surface area contributed by atoms with Gasteiger partial charge in [0.15, 0.2) is 0 Å². The van der Waals surface area contributed by atoms with Gasteiger partial charge in [0.05, 0.1) is 29.0 Å². The average molecular weight is 329 g/mol. The molecule has 4 nitrogen and oxygen atoms in total. The van der Waals surface area contributed by atoms with E-state index in [4.69, 9.17) is 27.9 Å². The Hall–Kier alpha value is -1.26. The lowest BCUT2D eigenvalue weighted by atomic mass is 10.0. The number of esters is 1. The number of ether oxygens (including phenoxy) is 1. The fraction of sp³-hybridized carbons (Fsp3) is 0.467. The van der Waals surface area contributed by atoms with Crippen LogP contribution in [0.4, 0.5) is 0 Å². The molecule has 114 valence electrons. The number of carbonyl (C=O) groups excluding carboxylic acids is 1. The highest BCUT2D eigenvalue weighted by molar-refractivity contribution is 6.35. The lowest BCUT2D eigenvalue weighted by Crippen LogP contribution is -2.24. The Morgan fingerprint density at radius 1 is 1.43 bits per heavy atom. The lowest BCUT2D eigenvalue weighted by Gasteiger charge is -2.21. The number of methoxy groups -OCH3 is 1. The molecule has 1 aromatic carbocycles. The van der Waals surface area contributed by atoms with Crippen LogP contribution in [0.15, 0.2) is 18.2 Å². The van der Waals surface area contributed by atoms with Crippen LogP contribution in [0.2, 0.25) is 5.02 Å². The van der Waals surface area contributed by atoms with Crippen LogP contribution in [0.25, 0.3) is 11.0 Å². The number of rotatable bonds is 5. The minimum absolute atomic E-state index is 0.205. The summed E-state index contributed by atoms with van der Waals surface area (Å²) in [5.74, 6) is 0.832. The molecule has 21 heavy (non-hydrogen) atoms. The molecule has 0 saturated carbocycles. The fourth-order valence-electron chi connectivity index (χ4n) is 2.47.